The molecule has 2 aromatic heterocycles. The molecule has 0 saturated heterocycles. The van der Waals surface area contributed by atoms with Crippen LogP contribution in [0.1, 0.15) is 16.1 Å². The van der Waals surface area contributed by atoms with E-state index in [1.165, 1.54) is 11.3 Å². The van der Waals surface area contributed by atoms with Crippen molar-refractivity contribution in [1.82, 2.24) is 5.16 Å². The summed E-state index contributed by atoms with van der Waals surface area (Å²) in [6.07, 6.45) is 0. The number of aryl methyl sites for hydroxylation is 2. The molecule has 7 nitrogen and oxygen atoms in total. The van der Waals surface area contributed by atoms with Crippen LogP contribution < -0.4 is 14.2 Å². The average molecular weight is 406 g/mol. The topological polar surface area (TPSA) is 90.7 Å². The lowest BCUT2D eigenvalue weighted by atomic mass is 10.2. The summed E-state index contributed by atoms with van der Waals surface area (Å²) in [6.45, 7) is 6.44. The molecule has 0 amide bonds. The van der Waals surface area contributed by atoms with Crippen LogP contribution in [0.3, 0.4) is 0 Å². The van der Waals surface area contributed by atoms with Crippen LogP contribution in [0.2, 0.25) is 0 Å². The molecule has 0 radical (unpaired) electrons. The number of hydrogen-bond donors (Lipinski definition) is 1. The minimum Gasteiger partial charge on any atom is -0.486 e. The van der Waals surface area contributed by atoms with E-state index in [0.29, 0.717) is 41.0 Å². The molecule has 3 heterocycles. The van der Waals surface area contributed by atoms with E-state index in [-0.39, 0.29) is 4.90 Å². The third kappa shape index (κ3) is 3.28. The Kier molecular flexibility index (Phi) is 4.35. The Morgan fingerprint density at radius 1 is 1.07 bits per heavy atom. The number of nitrogens with one attached hydrogen (secondary N) is 1. The van der Waals surface area contributed by atoms with Gasteiger partial charge in [0.2, 0.25) is 0 Å². The highest BCUT2D eigenvalue weighted by Crippen LogP contribution is 2.37. The van der Waals surface area contributed by atoms with Crippen molar-refractivity contribution in [2.24, 2.45) is 0 Å². The van der Waals surface area contributed by atoms with E-state index in [0.717, 1.165) is 16.1 Å². The molecule has 1 aliphatic rings. The molecule has 27 heavy (non-hydrogen) atoms. The Morgan fingerprint density at radius 2 is 1.81 bits per heavy atom. The Hall–Kier alpha value is -2.52. The minimum absolute atomic E-state index is 0.214. The Bertz CT molecular complexity index is 1110. The first-order chi connectivity index (χ1) is 12.8. The van der Waals surface area contributed by atoms with Crippen molar-refractivity contribution in [1.29, 1.82) is 0 Å². The number of benzene rings is 1. The average Bonchev–Trinajstić information content (AvgIpc) is 3.18. The van der Waals surface area contributed by atoms with Crippen molar-refractivity contribution in [2.75, 3.05) is 17.9 Å². The normalized spacial score (nSPS) is 13.6. The van der Waals surface area contributed by atoms with E-state index in [2.05, 4.69) is 9.88 Å². The first-order valence-electron chi connectivity index (χ1n) is 8.31. The molecule has 9 heteroatoms. The predicted molar refractivity (Wildman–Crippen MR) is 102 cm³/mol. The first kappa shape index (κ1) is 17.9. The smallest absolute Gasteiger partial charge is 0.263 e. The lowest BCUT2D eigenvalue weighted by Gasteiger charge is -2.19. The van der Waals surface area contributed by atoms with Crippen LogP contribution in [0.25, 0.3) is 10.6 Å². The fourth-order valence-electron chi connectivity index (χ4n) is 2.81. The summed E-state index contributed by atoms with van der Waals surface area (Å²) < 4.78 is 44.7. The number of anilines is 1. The number of rotatable bonds is 4. The van der Waals surface area contributed by atoms with Crippen molar-refractivity contribution in [3.63, 3.8) is 0 Å². The highest BCUT2D eigenvalue weighted by atomic mass is 32.2. The molecule has 0 bridgehead atoms. The van der Waals surface area contributed by atoms with Gasteiger partial charge in [0.25, 0.3) is 10.0 Å². The monoisotopic (exact) mass is 406 g/mol. The van der Waals surface area contributed by atoms with E-state index in [9.17, 15) is 8.42 Å². The summed E-state index contributed by atoms with van der Waals surface area (Å²) in [5.41, 5.74) is 2.10. The van der Waals surface area contributed by atoms with Gasteiger partial charge in [0.1, 0.15) is 18.1 Å². The second-order valence-electron chi connectivity index (χ2n) is 6.22. The second kappa shape index (κ2) is 6.58. The summed E-state index contributed by atoms with van der Waals surface area (Å²) in [5.74, 6) is 1.73. The van der Waals surface area contributed by atoms with Crippen LogP contribution >= 0.6 is 11.3 Å². The lowest BCUT2D eigenvalue weighted by Crippen LogP contribution is -2.16. The maximum absolute atomic E-state index is 12.9. The van der Waals surface area contributed by atoms with Gasteiger partial charge in [0, 0.05) is 16.5 Å². The van der Waals surface area contributed by atoms with Crippen LogP contribution in [-0.2, 0) is 10.0 Å². The maximum atomic E-state index is 12.9. The van der Waals surface area contributed by atoms with Gasteiger partial charge < -0.3 is 14.0 Å². The van der Waals surface area contributed by atoms with E-state index in [1.807, 2.05) is 13.8 Å². The number of fused-ring (bicyclic) bond motifs is 1. The summed E-state index contributed by atoms with van der Waals surface area (Å²) in [4.78, 5) is 1.61. The maximum Gasteiger partial charge on any atom is 0.263 e. The van der Waals surface area contributed by atoms with Gasteiger partial charge >= 0.3 is 0 Å². The van der Waals surface area contributed by atoms with Crippen molar-refractivity contribution in [3.05, 3.63) is 40.4 Å². The van der Waals surface area contributed by atoms with Crippen LogP contribution in [0, 0.1) is 20.8 Å². The predicted octanol–water partition coefficient (Wildman–Crippen LogP) is 3.90. The summed E-state index contributed by atoms with van der Waals surface area (Å²) in [6, 6.07) is 6.59. The molecule has 1 aromatic carbocycles. The minimum atomic E-state index is -3.76. The molecule has 0 atom stereocenters. The fraction of sp³-hybridized carbons (Fsp3) is 0.278. The zero-order chi connectivity index (χ0) is 19.2. The Labute approximate surface area is 161 Å². The third-order valence-corrected chi connectivity index (χ3v) is 7.02. The Balaban J connectivity index is 1.65. The van der Waals surface area contributed by atoms with Crippen molar-refractivity contribution in [2.45, 2.75) is 25.7 Å². The van der Waals surface area contributed by atoms with Gasteiger partial charge in [-0.3, -0.25) is 4.72 Å². The molecule has 1 aliphatic heterocycles. The summed E-state index contributed by atoms with van der Waals surface area (Å²) >= 11 is 1.36. The second-order valence-corrected chi connectivity index (χ2v) is 9.12. The quantitative estimate of drug-likeness (QED) is 0.707. The molecule has 1 N–H and O–H groups in total. The van der Waals surface area contributed by atoms with Crippen LogP contribution in [0.4, 0.5) is 5.69 Å². The zero-order valence-electron chi connectivity index (χ0n) is 15.0. The van der Waals surface area contributed by atoms with Gasteiger partial charge in [-0.1, -0.05) is 5.16 Å². The molecule has 142 valence electrons. The number of thiophene rings is 1. The molecule has 0 spiro atoms. The highest BCUT2D eigenvalue weighted by Gasteiger charge is 2.24. The van der Waals surface area contributed by atoms with Gasteiger partial charge in [0.05, 0.1) is 16.3 Å². The molecule has 0 unspecified atom stereocenters. The SMILES string of the molecule is Cc1noc(-c2cc(S(=O)(=O)Nc3ccc4c(c3)OCCO4)c(C)s2)c1C. The van der Waals surface area contributed by atoms with E-state index in [1.54, 1.807) is 31.2 Å². The van der Waals surface area contributed by atoms with Crippen LogP contribution in [-0.4, -0.2) is 26.8 Å². The number of aromatic nitrogens is 1. The molecular formula is C18H18N2O5S2. The van der Waals surface area contributed by atoms with Gasteiger partial charge in [-0.2, -0.15) is 0 Å². The van der Waals surface area contributed by atoms with E-state index >= 15 is 0 Å². The molecule has 3 aromatic rings. The lowest BCUT2D eigenvalue weighted by molar-refractivity contribution is 0.171. The number of sulfonamides is 1. The first-order valence-corrected chi connectivity index (χ1v) is 10.6. The van der Waals surface area contributed by atoms with Crippen molar-refractivity contribution >= 4 is 27.0 Å². The number of ether oxygens (including phenoxy) is 2. The van der Waals surface area contributed by atoms with Gasteiger partial charge in [0.15, 0.2) is 17.3 Å². The van der Waals surface area contributed by atoms with Crippen LogP contribution in [0.5, 0.6) is 11.5 Å². The van der Waals surface area contributed by atoms with Gasteiger partial charge in [-0.25, -0.2) is 8.42 Å². The Morgan fingerprint density at radius 3 is 2.52 bits per heavy atom. The molecule has 4 rings (SSSR count). The number of nitrogens with zero attached hydrogens (tertiary/aromatic N) is 1. The van der Waals surface area contributed by atoms with Gasteiger partial charge in [-0.05, 0) is 39.0 Å². The summed E-state index contributed by atoms with van der Waals surface area (Å²) in [5, 5.41) is 3.94. The van der Waals surface area contributed by atoms with Gasteiger partial charge in [-0.15, -0.1) is 11.3 Å². The zero-order valence-corrected chi connectivity index (χ0v) is 16.7. The molecule has 0 aliphatic carbocycles. The standard InChI is InChI=1S/C18H18N2O5S2/c1-10-11(2)19-25-18(10)16-9-17(12(3)26-16)27(21,22)20-13-4-5-14-15(8-13)24-7-6-23-14/h4-5,8-9,20H,6-7H2,1-3H3. The van der Waals surface area contributed by atoms with Crippen molar-refractivity contribution in [3.8, 4) is 22.1 Å². The van der Waals surface area contributed by atoms with Crippen LogP contribution in [0.15, 0.2) is 33.7 Å². The van der Waals surface area contributed by atoms with E-state index < -0.39 is 10.0 Å². The fourth-order valence-corrected chi connectivity index (χ4v) is 5.48. The largest absolute Gasteiger partial charge is 0.486 e. The number of hydrogen-bond acceptors (Lipinski definition) is 7. The van der Waals surface area contributed by atoms with E-state index in [4.69, 9.17) is 14.0 Å². The molecular weight excluding hydrogens is 388 g/mol. The summed E-state index contributed by atoms with van der Waals surface area (Å²) in [7, 11) is -3.76. The molecule has 0 fully saturated rings. The van der Waals surface area contributed by atoms with Crippen molar-refractivity contribution < 1.29 is 22.4 Å². The third-order valence-electron chi connectivity index (χ3n) is 4.34. The molecule has 0 saturated carbocycles. The highest BCUT2D eigenvalue weighted by molar-refractivity contribution is 7.93.